The van der Waals surface area contributed by atoms with Crippen LogP contribution in [0.15, 0.2) is 109 Å². The van der Waals surface area contributed by atoms with Crippen LogP contribution in [0.2, 0.25) is 0 Å². The van der Waals surface area contributed by atoms with Gasteiger partial charge in [0.25, 0.3) is 0 Å². The molecule has 0 aliphatic rings. The van der Waals surface area contributed by atoms with Crippen molar-refractivity contribution in [3.05, 3.63) is 126 Å². The monoisotopic (exact) mass is 641 g/mol. The summed E-state index contributed by atoms with van der Waals surface area (Å²) in [7, 11) is -0.926. The molecule has 0 radical (unpaired) electrons. The average Bonchev–Trinajstić information content (AvgIpc) is 3.03. The first-order valence-corrected chi connectivity index (χ1v) is 18.3. The van der Waals surface area contributed by atoms with Crippen LogP contribution in [-0.4, -0.2) is 18.5 Å². The van der Waals surface area contributed by atoms with Gasteiger partial charge in [0.2, 0.25) is 0 Å². The quantitative estimate of drug-likeness (QED) is 0.0870. The van der Waals surface area contributed by atoms with Gasteiger partial charge in [-0.2, -0.15) is 0 Å². The SMILES string of the molecule is CCCC[P+](CCCC)(CCCC)Cc1ccc(/C=C/c2ccc(N(c3ccccc3)c3ccccc3)cc2)cc1.[Br-]. The first-order valence-electron chi connectivity index (χ1n) is 15.8. The Balaban J connectivity index is 0.00000484. The van der Waals surface area contributed by atoms with Gasteiger partial charge >= 0.3 is 0 Å². The van der Waals surface area contributed by atoms with Crippen molar-refractivity contribution in [1.29, 1.82) is 0 Å². The molecule has 0 N–H and O–H groups in total. The highest BCUT2D eigenvalue weighted by Gasteiger charge is 2.35. The molecule has 0 aliphatic carbocycles. The van der Waals surface area contributed by atoms with Crippen molar-refractivity contribution >= 4 is 36.5 Å². The zero-order valence-corrected chi connectivity index (χ0v) is 28.4. The Morgan fingerprint density at radius 1 is 0.500 bits per heavy atom. The van der Waals surface area contributed by atoms with E-state index in [1.165, 1.54) is 74.3 Å². The third-order valence-corrected chi connectivity index (χ3v) is 12.9. The zero-order valence-electron chi connectivity index (χ0n) is 25.9. The predicted octanol–water partition coefficient (Wildman–Crippen LogP) is 9.25. The smallest absolute Gasteiger partial charge is 0.0842 e. The molecule has 0 aliphatic heterocycles. The maximum atomic E-state index is 2.40. The van der Waals surface area contributed by atoms with E-state index in [0.29, 0.717) is 0 Å². The molecule has 0 amide bonds. The molecule has 0 unspecified atom stereocenters. The first-order chi connectivity index (χ1) is 20.2. The number of unbranched alkanes of at least 4 members (excludes halogenated alkanes) is 3. The molecule has 0 saturated heterocycles. The van der Waals surface area contributed by atoms with Gasteiger partial charge < -0.3 is 21.9 Å². The summed E-state index contributed by atoms with van der Waals surface area (Å²) in [5.74, 6) is 0. The molecular weight excluding hydrogens is 593 g/mol. The summed E-state index contributed by atoms with van der Waals surface area (Å²) in [6.07, 6.45) is 18.4. The summed E-state index contributed by atoms with van der Waals surface area (Å²) >= 11 is 0. The lowest BCUT2D eigenvalue weighted by Gasteiger charge is -2.28. The molecule has 0 spiro atoms. The Kier molecular flexibility index (Phi) is 14.6. The maximum Gasteiger partial charge on any atom is 0.0842 e. The summed E-state index contributed by atoms with van der Waals surface area (Å²) in [6.45, 7) is 7.06. The van der Waals surface area contributed by atoms with E-state index in [2.05, 4.69) is 147 Å². The molecule has 4 rings (SSSR count). The van der Waals surface area contributed by atoms with Gasteiger partial charge in [0.1, 0.15) is 0 Å². The number of para-hydroxylation sites is 2. The number of rotatable bonds is 16. The van der Waals surface area contributed by atoms with Gasteiger partial charge in [-0.15, -0.1) is 0 Å². The van der Waals surface area contributed by atoms with Gasteiger partial charge in [-0.3, -0.25) is 0 Å². The summed E-state index contributed by atoms with van der Waals surface area (Å²) < 4.78 is 0. The van der Waals surface area contributed by atoms with E-state index in [0.717, 1.165) is 17.1 Å². The van der Waals surface area contributed by atoms with Gasteiger partial charge in [0.05, 0.1) is 24.6 Å². The molecular formula is C39H49BrNP. The fraction of sp³-hybridized carbons (Fsp3) is 0.333. The second-order valence-electron chi connectivity index (χ2n) is 11.4. The summed E-state index contributed by atoms with van der Waals surface area (Å²) in [5.41, 5.74) is 7.51. The van der Waals surface area contributed by atoms with Gasteiger partial charge in [-0.05, 0) is 72.4 Å². The molecule has 0 atom stereocenters. The fourth-order valence-corrected chi connectivity index (χ4v) is 10.8. The highest BCUT2D eigenvalue weighted by atomic mass is 79.9. The Labute approximate surface area is 267 Å². The van der Waals surface area contributed by atoms with Gasteiger partial charge in [-0.1, -0.05) is 125 Å². The molecule has 0 heterocycles. The van der Waals surface area contributed by atoms with Crippen molar-refractivity contribution in [1.82, 2.24) is 0 Å². The van der Waals surface area contributed by atoms with Crippen LogP contribution >= 0.6 is 7.26 Å². The van der Waals surface area contributed by atoms with Crippen molar-refractivity contribution in [3.63, 3.8) is 0 Å². The van der Waals surface area contributed by atoms with Gasteiger partial charge in [0.15, 0.2) is 0 Å². The van der Waals surface area contributed by atoms with E-state index in [4.69, 9.17) is 0 Å². The summed E-state index contributed by atoms with van der Waals surface area (Å²) in [4.78, 5) is 2.30. The van der Waals surface area contributed by atoms with Crippen molar-refractivity contribution in [2.75, 3.05) is 23.4 Å². The second kappa shape index (κ2) is 18.1. The number of benzene rings is 4. The number of hydrogen-bond donors (Lipinski definition) is 0. The Bertz CT molecular complexity index is 1240. The van der Waals surface area contributed by atoms with Gasteiger partial charge in [0, 0.05) is 24.3 Å². The van der Waals surface area contributed by atoms with E-state index in [1.807, 2.05) is 0 Å². The third-order valence-electron chi connectivity index (χ3n) is 8.10. The highest BCUT2D eigenvalue weighted by Crippen LogP contribution is 2.63. The number of anilines is 3. The van der Waals surface area contributed by atoms with E-state index in [1.54, 1.807) is 5.56 Å². The maximum absolute atomic E-state index is 2.40. The molecule has 0 saturated carbocycles. The minimum atomic E-state index is -0.926. The predicted molar refractivity (Wildman–Crippen MR) is 186 cm³/mol. The second-order valence-corrected chi connectivity index (χ2v) is 15.7. The number of hydrogen-bond acceptors (Lipinski definition) is 1. The molecule has 4 aromatic carbocycles. The molecule has 42 heavy (non-hydrogen) atoms. The van der Waals surface area contributed by atoms with Crippen molar-refractivity contribution in [2.24, 2.45) is 0 Å². The highest BCUT2D eigenvalue weighted by molar-refractivity contribution is 7.75. The van der Waals surface area contributed by atoms with Crippen LogP contribution in [0.4, 0.5) is 17.1 Å². The van der Waals surface area contributed by atoms with E-state index >= 15 is 0 Å². The largest absolute Gasteiger partial charge is 1.00 e. The van der Waals surface area contributed by atoms with Gasteiger partial charge in [-0.25, -0.2) is 0 Å². The van der Waals surface area contributed by atoms with Crippen LogP contribution in [-0.2, 0) is 6.16 Å². The van der Waals surface area contributed by atoms with Crippen LogP contribution in [0.5, 0.6) is 0 Å². The van der Waals surface area contributed by atoms with E-state index < -0.39 is 7.26 Å². The van der Waals surface area contributed by atoms with Crippen LogP contribution in [0, 0.1) is 0 Å². The lowest BCUT2D eigenvalue weighted by atomic mass is 10.1. The Morgan fingerprint density at radius 2 is 0.881 bits per heavy atom. The van der Waals surface area contributed by atoms with Crippen LogP contribution < -0.4 is 21.9 Å². The molecule has 3 heteroatoms. The topological polar surface area (TPSA) is 3.24 Å². The van der Waals surface area contributed by atoms with Crippen LogP contribution in [0.25, 0.3) is 12.2 Å². The first kappa shape index (κ1) is 33.8. The third kappa shape index (κ3) is 9.96. The molecule has 0 aromatic heterocycles. The molecule has 0 bridgehead atoms. The normalized spacial score (nSPS) is 11.4. The van der Waals surface area contributed by atoms with Crippen molar-refractivity contribution in [3.8, 4) is 0 Å². The van der Waals surface area contributed by atoms with Crippen molar-refractivity contribution < 1.29 is 17.0 Å². The van der Waals surface area contributed by atoms with Crippen molar-refractivity contribution in [2.45, 2.75) is 65.5 Å². The summed E-state index contributed by atoms with van der Waals surface area (Å²) in [6, 6.07) is 39.5. The lowest BCUT2D eigenvalue weighted by Crippen LogP contribution is -3.00. The van der Waals surface area contributed by atoms with Crippen LogP contribution in [0.1, 0.15) is 76.0 Å². The minimum absolute atomic E-state index is 0. The average molecular weight is 643 g/mol. The standard InChI is InChI=1S/C39H49NP.BrH/c1-4-7-30-41(31-8-5-2,32-9-6-3)33-36-24-22-34(23-25-36)20-21-35-26-28-39(29-27-35)40(37-16-12-10-13-17-37)38-18-14-11-15-19-38;/h10-29H,4-9,30-33H2,1-3H3;1H/q+1;/p-1/b21-20+;. The molecule has 222 valence electrons. The summed E-state index contributed by atoms with van der Waals surface area (Å²) in [5, 5.41) is 0. The van der Waals surface area contributed by atoms with E-state index in [-0.39, 0.29) is 17.0 Å². The fourth-order valence-electron chi connectivity index (χ4n) is 5.70. The Hall–Kier alpha value is -2.67. The van der Waals surface area contributed by atoms with Crippen LogP contribution in [0.3, 0.4) is 0 Å². The number of nitrogens with zero attached hydrogens (tertiary/aromatic N) is 1. The lowest BCUT2D eigenvalue weighted by molar-refractivity contribution is -0.00000841. The molecule has 4 aromatic rings. The van der Waals surface area contributed by atoms with E-state index in [9.17, 15) is 0 Å². The zero-order chi connectivity index (χ0) is 28.8. The minimum Gasteiger partial charge on any atom is -1.00 e. The Morgan fingerprint density at radius 3 is 1.29 bits per heavy atom. The molecule has 1 nitrogen and oxygen atoms in total. The molecule has 0 fully saturated rings. The number of halogens is 1.